The number of aliphatic hydroxyl groups excluding tert-OH is 1. The zero-order valence-electron chi connectivity index (χ0n) is 29.9. The molecule has 8 heteroatoms. The van der Waals surface area contributed by atoms with Crippen molar-refractivity contribution in [3.63, 3.8) is 0 Å². The highest BCUT2D eigenvalue weighted by atomic mass is 16.5. The Balaban J connectivity index is 1.56. The molecule has 0 aromatic rings. The van der Waals surface area contributed by atoms with E-state index >= 15 is 0 Å². The minimum atomic E-state index is -0.932. The molecular formula is C38H65N3O5. The molecular weight excluding hydrogens is 578 g/mol. The number of nitrogens with two attached hydrogens (primary N) is 1. The van der Waals surface area contributed by atoms with Crippen LogP contribution in [0.5, 0.6) is 0 Å². The van der Waals surface area contributed by atoms with Gasteiger partial charge in [0.25, 0.3) is 0 Å². The molecule has 10 atom stereocenters. The molecule has 4 fully saturated rings. The van der Waals surface area contributed by atoms with Crippen LogP contribution < -0.4 is 16.4 Å². The lowest BCUT2D eigenvalue weighted by atomic mass is 9.36. The van der Waals surface area contributed by atoms with Crippen LogP contribution in [-0.4, -0.2) is 66.6 Å². The van der Waals surface area contributed by atoms with E-state index in [1.165, 1.54) is 6.92 Å². The molecule has 0 aromatic carbocycles. The minimum Gasteiger partial charge on any atom is -0.478 e. The summed E-state index contributed by atoms with van der Waals surface area (Å²) in [5.74, 6) is -0.306. The molecule has 0 amide bonds. The summed E-state index contributed by atoms with van der Waals surface area (Å²) < 4.78 is 5.97. The van der Waals surface area contributed by atoms with Gasteiger partial charge in [0, 0.05) is 18.5 Å². The molecule has 4 aliphatic carbocycles. The van der Waals surface area contributed by atoms with E-state index in [0.29, 0.717) is 49.1 Å². The molecule has 4 rings (SSSR count). The van der Waals surface area contributed by atoms with Crippen LogP contribution in [0.15, 0.2) is 22.8 Å². The molecule has 0 radical (unpaired) electrons. The van der Waals surface area contributed by atoms with Gasteiger partial charge < -0.3 is 31.3 Å². The Kier molecular flexibility index (Phi) is 12.3. The first-order valence-corrected chi connectivity index (χ1v) is 18.3. The number of unbranched alkanes of at least 4 members (excludes halogenated alkanes) is 1. The maximum absolute atomic E-state index is 12.8. The number of esters is 1. The second-order valence-corrected chi connectivity index (χ2v) is 16.2. The van der Waals surface area contributed by atoms with Crippen molar-refractivity contribution in [2.24, 2.45) is 45.7 Å². The van der Waals surface area contributed by atoms with E-state index in [1.54, 1.807) is 0 Å². The molecule has 8 nitrogen and oxygen atoms in total. The van der Waals surface area contributed by atoms with E-state index in [1.807, 2.05) is 13.8 Å². The van der Waals surface area contributed by atoms with Crippen molar-refractivity contribution in [2.45, 2.75) is 137 Å². The van der Waals surface area contributed by atoms with E-state index in [9.17, 15) is 19.8 Å². The molecule has 6 N–H and O–H groups in total. The molecule has 1 unspecified atom stereocenters. The first-order valence-electron chi connectivity index (χ1n) is 18.3. The van der Waals surface area contributed by atoms with Gasteiger partial charge in [-0.05, 0) is 156 Å². The van der Waals surface area contributed by atoms with Gasteiger partial charge in [0.1, 0.15) is 6.10 Å². The number of hydrogen-bond donors (Lipinski definition) is 5. The molecule has 0 spiro atoms. The highest BCUT2D eigenvalue weighted by Crippen LogP contribution is 2.74. The van der Waals surface area contributed by atoms with E-state index in [0.717, 1.165) is 82.3 Å². The van der Waals surface area contributed by atoms with Gasteiger partial charge in [-0.1, -0.05) is 39.3 Å². The van der Waals surface area contributed by atoms with Crippen molar-refractivity contribution in [1.82, 2.24) is 10.6 Å². The van der Waals surface area contributed by atoms with Gasteiger partial charge in [0.05, 0.1) is 6.10 Å². The summed E-state index contributed by atoms with van der Waals surface area (Å²) >= 11 is 0. The van der Waals surface area contributed by atoms with Crippen LogP contribution in [0.25, 0.3) is 0 Å². The van der Waals surface area contributed by atoms with E-state index in [4.69, 9.17) is 10.5 Å². The van der Waals surface area contributed by atoms with Crippen molar-refractivity contribution in [1.29, 1.82) is 0 Å². The highest BCUT2D eigenvalue weighted by Gasteiger charge is 2.70. The Labute approximate surface area is 278 Å². The molecule has 0 saturated heterocycles. The second-order valence-electron chi connectivity index (χ2n) is 16.2. The predicted molar refractivity (Wildman–Crippen MR) is 184 cm³/mol. The standard InChI is InChI=1S/C38H65N3O5/c1-24(2)12-10-13-27(35(44)45)33-29-22-31(43)34-36(5)16-15-30(41-21-11-20-40-19-9-8-18-39)25(3)28(36)14-17-37(34,6)38(29,7)23-32(33)46-26(4)42/h12,25,28-32,34,40-41,43H,8-11,13-23,39H2,1-7H3,(H,44,45)/b33-27-/t25-,28?,29+,30-,31+,32-,34+,36-,37-,38-/m0/s1. The largest absolute Gasteiger partial charge is 0.478 e. The summed E-state index contributed by atoms with van der Waals surface area (Å²) in [5, 5.41) is 30.1. The predicted octanol–water partition coefficient (Wildman–Crippen LogP) is 5.98. The molecule has 0 aliphatic heterocycles. The Hall–Kier alpha value is -1.74. The molecule has 4 saturated carbocycles. The molecule has 0 aromatic heterocycles. The molecule has 4 aliphatic rings. The van der Waals surface area contributed by atoms with Crippen LogP contribution in [0, 0.1) is 39.9 Å². The van der Waals surface area contributed by atoms with Gasteiger partial charge in [-0.15, -0.1) is 0 Å². The number of rotatable bonds is 14. The lowest BCUT2D eigenvalue weighted by Gasteiger charge is -2.69. The van der Waals surface area contributed by atoms with E-state index < -0.39 is 18.2 Å². The van der Waals surface area contributed by atoms with Crippen LogP contribution in [0.4, 0.5) is 0 Å². The monoisotopic (exact) mass is 643 g/mol. The number of ether oxygens (including phenoxy) is 1. The number of carbonyl (C=O) groups is 2. The average molecular weight is 644 g/mol. The number of allylic oxidation sites excluding steroid dienone is 2. The number of nitrogens with one attached hydrogen (secondary N) is 2. The van der Waals surface area contributed by atoms with Crippen LogP contribution in [0.1, 0.15) is 119 Å². The average Bonchev–Trinajstić information content (AvgIpc) is 3.24. The molecule has 262 valence electrons. The van der Waals surface area contributed by atoms with Crippen molar-refractivity contribution in [2.75, 3.05) is 26.2 Å². The Bertz CT molecular complexity index is 1150. The molecule has 0 heterocycles. The van der Waals surface area contributed by atoms with Crippen LogP contribution >= 0.6 is 0 Å². The summed E-state index contributed by atoms with van der Waals surface area (Å²) in [7, 11) is 0. The summed E-state index contributed by atoms with van der Waals surface area (Å²) in [4.78, 5) is 25.2. The van der Waals surface area contributed by atoms with Gasteiger partial charge in [0.2, 0.25) is 0 Å². The Morgan fingerprint density at radius 2 is 1.74 bits per heavy atom. The third kappa shape index (κ3) is 7.16. The summed E-state index contributed by atoms with van der Waals surface area (Å²) in [6, 6.07) is 0.483. The fourth-order valence-electron chi connectivity index (χ4n) is 11.1. The van der Waals surface area contributed by atoms with Gasteiger partial charge in [0.15, 0.2) is 0 Å². The third-order valence-electron chi connectivity index (χ3n) is 13.4. The maximum atomic E-state index is 12.8. The first kappa shape index (κ1) is 37.1. The second kappa shape index (κ2) is 15.2. The Morgan fingerprint density at radius 3 is 2.39 bits per heavy atom. The van der Waals surface area contributed by atoms with Crippen LogP contribution in [0.3, 0.4) is 0 Å². The number of carboxylic acid groups (broad SMARTS) is 1. The zero-order valence-corrected chi connectivity index (χ0v) is 29.9. The SMILES string of the molecule is CC(=O)O[C@H]1C[C@@]2(C)[C@H](C[C@@H](O)[C@@H]3[C@@]4(C)CC[C@H](NCCCNCCCCN)[C@@H](C)C4CC[C@@]32C)/C1=C(\CCC=C(C)C)C(=O)O. The lowest BCUT2D eigenvalue weighted by molar-refractivity contribution is -0.227. The summed E-state index contributed by atoms with van der Waals surface area (Å²) in [6.45, 7) is 18.9. The van der Waals surface area contributed by atoms with E-state index in [-0.39, 0.29) is 34.1 Å². The molecule has 46 heavy (non-hydrogen) atoms. The van der Waals surface area contributed by atoms with E-state index in [2.05, 4.69) is 44.4 Å². The minimum absolute atomic E-state index is 0.00892. The van der Waals surface area contributed by atoms with Gasteiger partial charge in [-0.2, -0.15) is 0 Å². The zero-order chi connectivity index (χ0) is 33.9. The number of fused-ring (bicyclic) bond motifs is 5. The number of hydrogen-bond acceptors (Lipinski definition) is 7. The fourth-order valence-corrected chi connectivity index (χ4v) is 11.1. The summed E-state index contributed by atoms with van der Waals surface area (Å²) in [6.07, 6.45) is 10.7. The maximum Gasteiger partial charge on any atom is 0.331 e. The number of aliphatic hydroxyl groups is 1. The van der Waals surface area contributed by atoms with Gasteiger partial charge >= 0.3 is 11.9 Å². The van der Waals surface area contributed by atoms with Crippen LogP contribution in [0.2, 0.25) is 0 Å². The summed E-state index contributed by atoms with van der Waals surface area (Å²) in [5.41, 5.74) is 7.38. The van der Waals surface area contributed by atoms with Gasteiger partial charge in [-0.25, -0.2) is 4.79 Å². The first-order chi connectivity index (χ1) is 21.7. The molecule has 0 bridgehead atoms. The van der Waals surface area contributed by atoms with Crippen molar-refractivity contribution in [3.8, 4) is 0 Å². The fraction of sp³-hybridized carbons (Fsp3) is 0.842. The smallest absolute Gasteiger partial charge is 0.331 e. The van der Waals surface area contributed by atoms with Crippen molar-refractivity contribution in [3.05, 3.63) is 22.8 Å². The topological polar surface area (TPSA) is 134 Å². The van der Waals surface area contributed by atoms with Crippen molar-refractivity contribution < 1.29 is 24.5 Å². The third-order valence-corrected chi connectivity index (χ3v) is 13.4. The Morgan fingerprint density at radius 1 is 1.02 bits per heavy atom. The number of carboxylic acids is 1. The lowest BCUT2D eigenvalue weighted by Crippen LogP contribution is -2.66. The highest BCUT2D eigenvalue weighted by molar-refractivity contribution is 5.88. The van der Waals surface area contributed by atoms with Crippen molar-refractivity contribution >= 4 is 11.9 Å². The number of aliphatic carboxylic acids is 1. The number of carbonyl (C=O) groups excluding carboxylic acids is 1. The quantitative estimate of drug-likeness (QED) is 0.0676. The normalized spacial score (nSPS) is 39.5. The van der Waals surface area contributed by atoms with Crippen LogP contribution in [-0.2, 0) is 14.3 Å². The van der Waals surface area contributed by atoms with Gasteiger partial charge in [-0.3, -0.25) is 4.79 Å².